The third-order valence-corrected chi connectivity index (χ3v) is 12.8. The molecule has 0 spiro atoms. The van der Waals surface area contributed by atoms with Gasteiger partial charge in [-0.25, -0.2) is 0 Å². The zero-order chi connectivity index (χ0) is 53.3. The van der Waals surface area contributed by atoms with E-state index in [9.17, 15) is 35.1 Å². The molecular weight excluding hydrogens is 919 g/mol. The first-order valence-corrected chi connectivity index (χ1v) is 28.7. The van der Waals surface area contributed by atoms with Crippen LogP contribution in [-0.2, 0) is 23.8 Å². The SMILES string of the molecule is CC/C=C/C=C/C=C/C=C\CCCCCCC(O)C(=O)NC(COC1OC(CO)C(O)C(O)C1OC(=O)CCC/C=C\C/C=C\C/C=C\C/C=C\CCCCC)C(O)/C=C/CCCCCCCCCCCCC. The predicted octanol–water partition coefficient (Wildman–Crippen LogP) is 12.9. The van der Waals surface area contributed by atoms with Gasteiger partial charge in [0, 0.05) is 6.42 Å². The Hall–Kier alpha value is -3.68. The summed E-state index contributed by atoms with van der Waals surface area (Å²) in [6.45, 7) is 5.55. The number of ether oxygens (including phenoxy) is 3. The summed E-state index contributed by atoms with van der Waals surface area (Å²) < 4.78 is 17.5. The van der Waals surface area contributed by atoms with Crippen LogP contribution in [0.25, 0.3) is 0 Å². The molecule has 1 saturated heterocycles. The number of carbonyl (C=O) groups excluding carboxylic acids is 2. The molecule has 11 heteroatoms. The van der Waals surface area contributed by atoms with Gasteiger partial charge in [0.25, 0.3) is 0 Å². The Morgan fingerprint density at radius 2 is 1.04 bits per heavy atom. The molecule has 0 radical (unpaired) electrons. The van der Waals surface area contributed by atoms with Crippen LogP contribution in [0.4, 0.5) is 0 Å². The predicted molar refractivity (Wildman–Crippen MR) is 301 cm³/mol. The van der Waals surface area contributed by atoms with Crippen molar-refractivity contribution in [2.24, 2.45) is 0 Å². The van der Waals surface area contributed by atoms with E-state index in [-0.39, 0.29) is 19.4 Å². The number of unbranched alkanes of at least 4 members (excludes halogenated alkanes) is 19. The van der Waals surface area contributed by atoms with E-state index in [1.807, 2.05) is 54.7 Å². The van der Waals surface area contributed by atoms with Crippen LogP contribution in [0.3, 0.4) is 0 Å². The normalized spacial score (nSPS) is 20.2. The zero-order valence-electron chi connectivity index (χ0n) is 45.7. The van der Waals surface area contributed by atoms with Gasteiger partial charge in [0.05, 0.1) is 25.4 Å². The van der Waals surface area contributed by atoms with Crippen LogP contribution in [0.5, 0.6) is 0 Å². The second-order valence-corrected chi connectivity index (χ2v) is 19.4. The minimum atomic E-state index is -1.65. The second kappa shape index (κ2) is 49.2. The van der Waals surface area contributed by atoms with Gasteiger partial charge < -0.3 is 45.1 Å². The van der Waals surface area contributed by atoms with E-state index in [4.69, 9.17) is 14.2 Å². The molecular formula is C62H103NO10. The Labute approximate surface area is 443 Å². The summed E-state index contributed by atoms with van der Waals surface area (Å²) in [6.07, 6.45) is 55.6. The number of hydrogen-bond acceptors (Lipinski definition) is 10. The van der Waals surface area contributed by atoms with E-state index in [1.165, 1.54) is 70.6 Å². The van der Waals surface area contributed by atoms with E-state index in [1.54, 1.807) is 6.08 Å². The maximum Gasteiger partial charge on any atom is 0.306 e. The van der Waals surface area contributed by atoms with Crippen molar-refractivity contribution >= 4 is 11.9 Å². The third kappa shape index (κ3) is 37.7. The first kappa shape index (κ1) is 67.3. The van der Waals surface area contributed by atoms with Gasteiger partial charge in [-0.05, 0) is 83.5 Å². The molecule has 1 fully saturated rings. The molecule has 8 atom stereocenters. The minimum Gasteiger partial charge on any atom is -0.454 e. The van der Waals surface area contributed by atoms with Crippen LogP contribution in [0.15, 0.2) is 109 Å². The fourth-order valence-corrected chi connectivity index (χ4v) is 8.18. The van der Waals surface area contributed by atoms with Crippen molar-refractivity contribution in [2.75, 3.05) is 13.2 Å². The monoisotopic (exact) mass is 1020 g/mol. The lowest BCUT2D eigenvalue weighted by atomic mass is 9.99. The van der Waals surface area contributed by atoms with Crippen LogP contribution in [0.1, 0.15) is 207 Å². The Bertz CT molecular complexity index is 1600. The molecule has 73 heavy (non-hydrogen) atoms. The van der Waals surface area contributed by atoms with Crippen molar-refractivity contribution < 1.29 is 49.3 Å². The Morgan fingerprint density at radius 1 is 0.562 bits per heavy atom. The highest BCUT2D eigenvalue weighted by Gasteiger charge is 2.47. The largest absolute Gasteiger partial charge is 0.454 e. The van der Waals surface area contributed by atoms with Gasteiger partial charge in [0.2, 0.25) is 5.91 Å². The lowest BCUT2D eigenvalue weighted by molar-refractivity contribution is -0.305. The highest BCUT2D eigenvalue weighted by molar-refractivity contribution is 5.80. The smallest absolute Gasteiger partial charge is 0.306 e. The van der Waals surface area contributed by atoms with Gasteiger partial charge >= 0.3 is 5.97 Å². The highest BCUT2D eigenvalue weighted by Crippen LogP contribution is 2.26. The van der Waals surface area contributed by atoms with Crippen LogP contribution in [-0.4, -0.2) is 99.6 Å². The molecule has 1 heterocycles. The van der Waals surface area contributed by atoms with E-state index in [0.29, 0.717) is 19.3 Å². The number of aliphatic hydroxyl groups excluding tert-OH is 5. The molecule has 1 amide bonds. The Kier molecular flexibility index (Phi) is 45.4. The molecule has 1 aliphatic rings. The summed E-state index contributed by atoms with van der Waals surface area (Å²) >= 11 is 0. The highest BCUT2D eigenvalue weighted by atomic mass is 16.7. The van der Waals surface area contributed by atoms with Crippen LogP contribution >= 0.6 is 0 Å². The first-order chi connectivity index (χ1) is 35.7. The molecule has 11 nitrogen and oxygen atoms in total. The van der Waals surface area contributed by atoms with Gasteiger partial charge in [-0.2, -0.15) is 0 Å². The summed E-state index contributed by atoms with van der Waals surface area (Å²) in [5, 5.41) is 56.8. The minimum absolute atomic E-state index is 0.0387. The maximum atomic E-state index is 13.4. The van der Waals surface area contributed by atoms with Gasteiger partial charge in [-0.1, -0.05) is 226 Å². The molecule has 0 aromatic rings. The lowest BCUT2D eigenvalue weighted by Gasteiger charge is -2.41. The number of rotatable bonds is 46. The van der Waals surface area contributed by atoms with Gasteiger partial charge in [0.1, 0.15) is 24.4 Å². The Balaban J connectivity index is 2.80. The first-order valence-electron chi connectivity index (χ1n) is 28.7. The van der Waals surface area contributed by atoms with Gasteiger partial charge in [0.15, 0.2) is 12.4 Å². The molecule has 0 saturated carbocycles. The van der Waals surface area contributed by atoms with Crippen LogP contribution in [0.2, 0.25) is 0 Å². The van der Waals surface area contributed by atoms with Crippen molar-refractivity contribution in [3.63, 3.8) is 0 Å². The molecule has 0 aromatic carbocycles. The van der Waals surface area contributed by atoms with Crippen molar-refractivity contribution in [1.82, 2.24) is 5.32 Å². The Morgan fingerprint density at radius 3 is 1.63 bits per heavy atom. The van der Waals surface area contributed by atoms with E-state index in [0.717, 1.165) is 83.5 Å². The fraction of sp³-hybridized carbons (Fsp3) is 0.677. The van der Waals surface area contributed by atoms with E-state index in [2.05, 4.69) is 74.7 Å². The number of carbonyl (C=O) groups is 2. The average Bonchev–Trinajstić information content (AvgIpc) is 3.39. The number of amides is 1. The molecule has 0 aromatic heterocycles. The van der Waals surface area contributed by atoms with Crippen molar-refractivity contribution in [3.05, 3.63) is 109 Å². The van der Waals surface area contributed by atoms with E-state index < -0.39 is 67.4 Å². The number of hydrogen-bond donors (Lipinski definition) is 6. The lowest BCUT2D eigenvalue weighted by Crippen LogP contribution is -2.61. The second-order valence-electron chi connectivity index (χ2n) is 19.4. The number of nitrogens with one attached hydrogen (secondary N) is 1. The number of esters is 1. The fourth-order valence-electron chi connectivity index (χ4n) is 8.18. The molecule has 1 aliphatic heterocycles. The summed E-state index contributed by atoms with van der Waals surface area (Å²) in [6, 6.07) is -1.05. The van der Waals surface area contributed by atoms with Gasteiger partial charge in [-0.3, -0.25) is 9.59 Å². The van der Waals surface area contributed by atoms with Crippen molar-refractivity contribution in [2.45, 2.75) is 256 Å². The molecule has 0 bridgehead atoms. The quantitative estimate of drug-likeness (QED) is 0.0149. The van der Waals surface area contributed by atoms with Crippen molar-refractivity contribution in [1.29, 1.82) is 0 Å². The molecule has 416 valence electrons. The summed E-state index contributed by atoms with van der Waals surface area (Å²) in [7, 11) is 0. The molecule has 1 rings (SSSR count). The maximum absolute atomic E-state index is 13.4. The van der Waals surface area contributed by atoms with Gasteiger partial charge in [-0.15, -0.1) is 0 Å². The summed E-state index contributed by atoms with van der Waals surface area (Å²) in [5.74, 6) is -1.29. The molecule has 6 N–H and O–H groups in total. The standard InChI is InChI=1S/C62H103NO10/c1-4-7-10-13-16-19-22-25-27-28-29-32-35-38-41-44-47-50-57(67)73-60-59(69)58(68)56(51-64)72-62(60)71-52-53(54(65)48-45-42-39-36-33-30-24-21-18-15-12-9-6-3)63-61(70)55(66)49-46-43-40-37-34-31-26-23-20-17-14-11-8-5-2/h8,11,14,16-17,19-20,23,25-27,29,31-32,38,41,45,48,53-56,58-60,62,64-66,68-69H,4-7,9-10,12-13,15,18,21-22,24,28,30,33-37,39-40,42-44,46-47,49-52H2,1-3H3,(H,63,70)/b11-8+,17-14+,19-16-,23-20+,27-25-,31-26-,32-29-,41-38-,48-45+. The third-order valence-electron chi connectivity index (χ3n) is 12.8. The summed E-state index contributed by atoms with van der Waals surface area (Å²) in [5.41, 5.74) is 0. The number of allylic oxidation sites excluding steroid dienone is 17. The topological polar surface area (TPSA) is 175 Å². The average molecular weight is 1020 g/mol. The van der Waals surface area contributed by atoms with Crippen molar-refractivity contribution in [3.8, 4) is 0 Å². The van der Waals surface area contributed by atoms with E-state index >= 15 is 0 Å². The van der Waals surface area contributed by atoms with Crippen LogP contribution in [0, 0.1) is 0 Å². The molecule has 8 unspecified atom stereocenters. The number of aliphatic hydroxyl groups is 5. The van der Waals surface area contributed by atoms with Crippen LogP contribution < -0.4 is 5.32 Å². The zero-order valence-corrected chi connectivity index (χ0v) is 45.7. The molecule has 0 aliphatic carbocycles. The summed E-state index contributed by atoms with van der Waals surface area (Å²) in [4.78, 5) is 26.4.